The van der Waals surface area contributed by atoms with Crippen LogP contribution in [0.15, 0.2) is 0 Å². The third-order valence-corrected chi connectivity index (χ3v) is 4.42. The van der Waals surface area contributed by atoms with E-state index in [0.29, 0.717) is 11.6 Å². The monoisotopic (exact) mass is 243 g/mol. The molecule has 1 atom stereocenters. The first-order chi connectivity index (χ1) is 7.70. The smallest absolute Gasteiger partial charge is 0.327 e. The summed E-state index contributed by atoms with van der Waals surface area (Å²) in [6, 6.07) is -0.598. The summed E-state index contributed by atoms with van der Waals surface area (Å²) in [6.45, 7) is 0. The molecule has 0 aromatic heterocycles. The van der Waals surface area contributed by atoms with Gasteiger partial charge in [-0.05, 0) is 12.8 Å². The molecule has 0 unspecified atom stereocenters. The fourth-order valence-corrected chi connectivity index (χ4v) is 3.60. The van der Waals surface area contributed by atoms with Crippen molar-refractivity contribution in [2.24, 2.45) is 5.92 Å². The van der Waals surface area contributed by atoms with E-state index in [4.69, 9.17) is 5.11 Å². The SMILES string of the molecule is O=C(O)[C@@H]1CSCN1C(=O)C1CCCCC1. The lowest BCUT2D eigenvalue weighted by atomic mass is 9.88. The highest BCUT2D eigenvalue weighted by molar-refractivity contribution is 7.99. The third kappa shape index (κ3) is 2.34. The maximum Gasteiger partial charge on any atom is 0.327 e. The maximum absolute atomic E-state index is 12.2. The predicted molar refractivity (Wildman–Crippen MR) is 62.2 cm³/mol. The normalized spacial score (nSPS) is 27.0. The van der Waals surface area contributed by atoms with Crippen molar-refractivity contribution in [3.8, 4) is 0 Å². The molecule has 2 rings (SSSR count). The van der Waals surface area contributed by atoms with Gasteiger partial charge < -0.3 is 10.0 Å². The van der Waals surface area contributed by atoms with E-state index in [2.05, 4.69) is 0 Å². The van der Waals surface area contributed by atoms with Gasteiger partial charge in [-0.25, -0.2) is 4.79 Å². The van der Waals surface area contributed by atoms with Crippen molar-refractivity contribution in [3.05, 3.63) is 0 Å². The zero-order chi connectivity index (χ0) is 11.5. The molecule has 0 spiro atoms. The van der Waals surface area contributed by atoms with Crippen LogP contribution in [0, 0.1) is 5.92 Å². The van der Waals surface area contributed by atoms with Gasteiger partial charge in [0.2, 0.25) is 5.91 Å². The molecule has 4 nitrogen and oxygen atoms in total. The lowest BCUT2D eigenvalue weighted by Gasteiger charge is -2.28. The van der Waals surface area contributed by atoms with Crippen LogP contribution in [0.2, 0.25) is 0 Å². The predicted octanol–water partition coefficient (Wildman–Crippen LogP) is 1.55. The third-order valence-electron chi connectivity index (χ3n) is 3.40. The van der Waals surface area contributed by atoms with Crippen LogP contribution in [-0.4, -0.2) is 39.6 Å². The highest BCUT2D eigenvalue weighted by atomic mass is 32.2. The molecule has 0 bridgehead atoms. The van der Waals surface area contributed by atoms with E-state index in [-0.39, 0.29) is 11.8 Å². The Morgan fingerprint density at radius 2 is 1.88 bits per heavy atom. The van der Waals surface area contributed by atoms with Crippen LogP contribution in [0.1, 0.15) is 32.1 Å². The van der Waals surface area contributed by atoms with Crippen molar-refractivity contribution in [2.45, 2.75) is 38.1 Å². The number of hydrogen-bond acceptors (Lipinski definition) is 3. The maximum atomic E-state index is 12.2. The van der Waals surface area contributed by atoms with Gasteiger partial charge >= 0.3 is 5.97 Å². The highest BCUT2D eigenvalue weighted by Gasteiger charge is 2.37. The summed E-state index contributed by atoms with van der Waals surface area (Å²) in [5, 5.41) is 9.02. The van der Waals surface area contributed by atoms with Crippen LogP contribution < -0.4 is 0 Å². The Morgan fingerprint density at radius 3 is 2.50 bits per heavy atom. The summed E-state index contributed by atoms with van der Waals surface area (Å²) >= 11 is 1.54. The number of carbonyl (C=O) groups is 2. The Labute approximate surface area is 99.4 Å². The second-order valence-corrected chi connectivity index (χ2v) is 5.50. The highest BCUT2D eigenvalue weighted by Crippen LogP contribution is 2.29. The van der Waals surface area contributed by atoms with E-state index in [1.807, 2.05) is 0 Å². The number of carboxylic acid groups (broad SMARTS) is 1. The summed E-state index contributed by atoms with van der Waals surface area (Å²) in [5.74, 6) is 0.362. The molecule has 1 saturated carbocycles. The van der Waals surface area contributed by atoms with Crippen LogP contribution in [0.25, 0.3) is 0 Å². The summed E-state index contributed by atoms with van der Waals surface area (Å²) < 4.78 is 0. The first-order valence-electron chi connectivity index (χ1n) is 5.81. The minimum absolute atomic E-state index is 0.0668. The Bertz CT molecular complexity index is 289. The van der Waals surface area contributed by atoms with E-state index in [1.165, 1.54) is 18.2 Å². The van der Waals surface area contributed by atoms with Gasteiger partial charge in [0.05, 0.1) is 5.88 Å². The fraction of sp³-hybridized carbons (Fsp3) is 0.818. The minimum Gasteiger partial charge on any atom is -0.480 e. The van der Waals surface area contributed by atoms with Gasteiger partial charge in [-0.3, -0.25) is 4.79 Å². The molecular weight excluding hydrogens is 226 g/mol. The molecule has 1 heterocycles. The number of hydrogen-bond donors (Lipinski definition) is 1. The van der Waals surface area contributed by atoms with Crippen molar-refractivity contribution in [2.75, 3.05) is 11.6 Å². The molecule has 0 radical (unpaired) electrons. The van der Waals surface area contributed by atoms with Gasteiger partial charge in [-0.1, -0.05) is 19.3 Å². The minimum atomic E-state index is -0.867. The van der Waals surface area contributed by atoms with Crippen LogP contribution >= 0.6 is 11.8 Å². The Morgan fingerprint density at radius 1 is 1.19 bits per heavy atom. The Hall–Kier alpha value is -0.710. The van der Waals surface area contributed by atoms with Crippen molar-refractivity contribution in [3.63, 3.8) is 0 Å². The van der Waals surface area contributed by atoms with Gasteiger partial charge in [0, 0.05) is 11.7 Å². The second kappa shape index (κ2) is 5.08. The molecule has 1 amide bonds. The van der Waals surface area contributed by atoms with E-state index in [0.717, 1.165) is 25.7 Å². The topological polar surface area (TPSA) is 57.6 Å². The van der Waals surface area contributed by atoms with Gasteiger partial charge in [-0.15, -0.1) is 11.8 Å². The lowest BCUT2D eigenvalue weighted by molar-refractivity contribution is -0.149. The van der Waals surface area contributed by atoms with Crippen LogP contribution in [0.4, 0.5) is 0 Å². The molecule has 1 N–H and O–H groups in total. The Balaban J connectivity index is 1.99. The largest absolute Gasteiger partial charge is 0.480 e. The van der Waals surface area contributed by atoms with Crippen molar-refractivity contribution >= 4 is 23.6 Å². The molecule has 1 aliphatic heterocycles. The summed E-state index contributed by atoms with van der Waals surface area (Å²) in [6.07, 6.45) is 5.30. The molecular formula is C11H17NO3S. The molecule has 0 aromatic rings. The van der Waals surface area contributed by atoms with E-state index in [1.54, 1.807) is 4.90 Å². The van der Waals surface area contributed by atoms with Crippen molar-refractivity contribution < 1.29 is 14.7 Å². The molecule has 2 aliphatic rings. The van der Waals surface area contributed by atoms with Gasteiger partial charge in [0.15, 0.2) is 0 Å². The van der Waals surface area contributed by atoms with Gasteiger partial charge in [0.1, 0.15) is 6.04 Å². The average molecular weight is 243 g/mol. The zero-order valence-electron chi connectivity index (χ0n) is 9.22. The standard InChI is InChI=1S/C11H17NO3S/c13-10(8-4-2-1-3-5-8)12-7-16-6-9(12)11(14)15/h8-9H,1-7H2,(H,14,15)/t9-/m0/s1. The van der Waals surface area contributed by atoms with E-state index < -0.39 is 12.0 Å². The number of carboxylic acids is 1. The summed E-state index contributed by atoms with van der Waals surface area (Å²) in [4.78, 5) is 24.7. The number of thioether (sulfide) groups is 1. The first kappa shape index (κ1) is 11.8. The summed E-state index contributed by atoms with van der Waals surface area (Å²) in [5.41, 5.74) is 0. The molecule has 1 aliphatic carbocycles. The first-order valence-corrected chi connectivity index (χ1v) is 6.96. The number of rotatable bonds is 2. The van der Waals surface area contributed by atoms with Gasteiger partial charge in [-0.2, -0.15) is 0 Å². The molecule has 90 valence electrons. The number of aliphatic carboxylic acids is 1. The zero-order valence-corrected chi connectivity index (χ0v) is 10.0. The fourth-order valence-electron chi connectivity index (χ4n) is 2.45. The molecule has 0 aromatic carbocycles. The van der Waals surface area contributed by atoms with Crippen molar-refractivity contribution in [1.82, 2.24) is 4.90 Å². The average Bonchev–Trinajstić information content (AvgIpc) is 2.78. The lowest BCUT2D eigenvalue weighted by Crippen LogP contribution is -2.44. The quantitative estimate of drug-likeness (QED) is 0.799. The van der Waals surface area contributed by atoms with Gasteiger partial charge in [0.25, 0.3) is 0 Å². The second-order valence-electron chi connectivity index (χ2n) is 4.50. The van der Waals surface area contributed by atoms with Crippen LogP contribution in [-0.2, 0) is 9.59 Å². The van der Waals surface area contributed by atoms with Crippen LogP contribution in [0.5, 0.6) is 0 Å². The number of nitrogens with zero attached hydrogens (tertiary/aromatic N) is 1. The van der Waals surface area contributed by atoms with Crippen LogP contribution in [0.3, 0.4) is 0 Å². The van der Waals surface area contributed by atoms with E-state index >= 15 is 0 Å². The van der Waals surface area contributed by atoms with Crippen molar-refractivity contribution in [1.29, 1.82) is 0 Å². The van der Waals surface area contributed by atoms with E-state index in [9.17, 15) is 9.59 Å². The Kier molecular flexibility index (Phi) is 3.74. The molecule has 5 heteroatoms. The molecule has 16 heavy (non-hydrogen) atoms. The molecule has 1 saturated heterocycles. The number of carbonyl (C=O) groups excluding carboxylic acids is 1. The summed E-state index contributed by atoms with van der Waals surface area (Å²) in [7, 11) is 0. The molecule has 2 fully saturated rings. The number of amides is 1.